The maximum Gasteiger partial charge on any atom is 0.344 e. The standard InChI is InChI=1S/C30H36N2O8/c1-18(33)30(28(35)36)15-31-12-11-24(30)32(16-29(2,3)4)22-10-9-19(37-5)13-21(22)26(38-14-25(32)34)20-7-6-8-23-27(20)40-17-39-23/h6-10,13,24,26,31H,11-12,14-17H2,1-5H3/p+1/t24-,26?,30+,32?/m1/s1. The van der Waals surface area contributed by atoms with Crippen LogP contribution < -0.4 is 24.0 Å². The molecule has 214 valence electrons. The number of carbonyl (C=O) groups excluding carboxylic acids is 2. The molecule has 2 aromatic rings. The highest BCUT2D eigenvalue weighted by atomic mass is 16.7. The molecular weight excluding hydrogens is 516 g/mol. The van der Waals surface area contributed by atoms with Gasteiger partial charge >= 0.3 is 11.9 Å². The summed E-state index contributed by atoms with van der Waals surface area (Å²) in [4.78, 5) is 41.0. The third kappa shape index (κ3) is 4.34. The Balaban J connectivity index is 1.84. The fraction of sp³-hybridized carbons (Fsp3) is 0.500. The molecular formula is C30H37N2O8+. The average Bonchev–Trinajstić information content (AvgIpc) is 3.36. The van der Waals surface area contributed by atoms with Gasteiger partial charge in [-0.05, 0) is 25.1 Å². The Bertz CT molecular complexity index is 1340. The van der Waals surface area contributed by atoms with E-state index >= 15 is 0 Å². The van der Waals surface area contributed by atoms with Crippen LogP contribution in [-0.4, -0.2) is 69.0 Å². The first-order valence-corrected chi connectivity index (χ1v) is 13.5. The molecule has 0 aliphatic carbocycles. The zero-order valence-electron chi connectivity index (χ0n) is 23.6. The van der Waals surface area contributed by atoms with Gasteiger partial charge in [0.2, 0.25) is 6.79 Å². The van der Waals surface area contributed by atoms with Crippen LogP contribution in [0, 0.1) is 10.8 Å². The summed E-state index contributed by atoms with van der Waals surface area (Å²) in [7, 11) is 1.56. The Morgan fingerprint density at radius 1 is 1.18 bits per heavy atom. The van der Waals surface area contributed by atoms with Crippen molar-refractivity contribution in [1.29, 1.82) is 0 Å². The topological polar surface area (TPSA) is 120 Å². The van der Waals surface area contributed by atoms with Crippen LogP contribution in [0.3, 0.4) is 0 Å². The van der Waals surface area contributed by atoms with E-state index in [0.29, 0.717) is 47.0 Å². The molecule has 2 unspecified atom stereocenters. The van der Waals surface area contributed by atoms with Crippen LogP contribution in [0.15, 0.2) is 36.4 Å². The predicted molar refractivity (Wildman–Crippen MR) is 147 cm³/mol. The van der Waals surface area contributed by atoms with Crippen molar-refractivity contribution in [2.75, 3.05) is 40.1 Å². The lowest BCUT2D eigenvalue weighted by atomic mass is 9.70. The molecule has 4 atom stereocenters. The Morgan fingerprint density at radius 3 is 2.62 bits per heavy atom. The minimum atomic E-state index is -1.82. The summed E-state index contributed by atoms with van der Waals surface area (Å²) in [5, 5.41) is 13.8. The number of carboxylic acid groups (broad SMARTS) is 1. The summed E-state index contributed by atoms with van der Waals surface area (Å²) in [6.07, 6.45) is -0.425. The fourth-order valence-electron chi connectivity index (χ4n) is 6.73. The minimum Gasteiger partial charge on any atom is -0.497 e. The first-order valence-electron chi connectivity index (χ1n) is 13.5. The van der Waals surface area contributed by atoms with Crippen LogP contribution in [-0.2, 0) is 19.1 Å². The second-order valence-corrected chi connectivity index (χ2v) is 12.0. The highest BCUT2D eigenvalue weighted by Crippen LogP contribution is 2.51. The number of nitrogens with zero attached hydrogens (tertiary/aromatic N) is 1. The van der Waals surface area contributed by atoms with E-state index in [-0.39, 0.29) is 36.9 Å². The first kappa shape index (κ1) is 28.1. The van der Waals surface area contributed by atoms with Crippen molar-refractivity contribution in [3.63, 3.8) is 0 Å². The van der Waals surface area contributed by atoms with Crippen LogP contribution in [0.25, 0.3) is 0 Å². The molecule has 3 aliphatic heterocycles. The number of rotatable bonds is 6. The summed E-state index contributed by atoms with van der Waals surface area (Å²) in [5.74, 6) is -0.348. The second kappa shape index (κ2) is 10.2. The molecule has 2 N–H and O–H groups in total. The molecule has 3 heterocycles. The number of hydrogen-bond acceptors (Lipinski definition) is 8. The van der Waals surface area contributed by atoms with Gasteiger partial charge in [-0.15, -0.1) is 0 Å². The number of methoxy groups -OCH3 is 1. The lowest BCUT2D eigenvalue weighted by Crippen LogP contribution is -2.75. The molecule has 10 heteroatoms. The molecule has 5 rings (SSSR count). The molecule has 0 saturated carbocycles. The quantitative estimate of drug-likeness (QED) is 0.409. The largest absolute Gasteiger partial charge is 0.497 e. The van der Waals surface area contributed by atoms with Crippen LogP contribution in [0.1, 0.15) is 51.3 Å². The van der Waals surface area contributed by atoms with E-state index in [1.807, 2.05) is 51.1 Å². The van der Waals surface area contributed by atoms with Crippen molar-refractivity contribution in [2.45, 2.75) is 46.3 Å². The molecule has 1 fully saturated rings. The predicted octanol–water partition coefficient (Wildman–Crippen LogP) is 3.45. The number of Topliss-reactive ketones (excluding diaryl/α,β-unsaturated/α-hetero) is 1. The number of ether oxygens (including phenoxy) is 4. The number of amides is 1. The third-order valence-corrected chi connectivity index (χ3v) is 8.31. The van der Waals surface area contributed by atoms with E-state index in [2.05, 4.69) is 5.32 Å². The molecule has 0 spiro atoms. The lowest BCUT2D eigenvalue weighted by molar-refractivity contribution is -0.164. The van der Waals surface area contributed by atoms with Gasteiger partial charge in [0.1, 0.15) is 23.6 Å². The van der Waals surface area contributed by atoms with Gasteiger partial charge in [-0.25, -0.2) is 9.28 Å². The van der Waals surface area contributed by atoms with Gasteiger partial charge in [-0.2, -0.15) is 0 Å². The molecule has 0 bridgehead atoms. The Morgan fingerprint density at radius 2 is 1.95 bits per heavy atom. The average molecular weight is 554 g/mol. The van der Waals surface area contributed by atoms with E-state index < -0.39 is 34.7 Å². The lowest BCUT2D eigenvalue weighted by Gasteiger charge is -2.51. The maximum absolute atomic E-state index is 14.6. The second-order valence-electron chi connectivity index (χ2n) is 12.0. The van der Waals surface area contributed by atoms with E-state index in [9.17, 15) is 19.5 Å². The summed E-state index contributed by atoms with van der Waals surface area (Å²) in [6, 6.07) is 10.1. The summed E-state index contributed by atoms with van der Waals surface area (Å²) < 4.78 is 23.1. The number of benzene rings is 2. The van der Waals surface area contributed by atoms with Crippen LogP contribution >= 0.6 is 0 Å². The van der Waals surface area contributed by atoms with Gasteiger partial charge < -0.3 is 29.4 Å². The monoisotopic (exact) mass is 553 g/mol. The van der Waals surface area contributed by atoms with Gasteiger partial charge in [-0.1, -0.05) is 32.9 Å². The zero-order valence-corrected chi connectivity index (χ0v) is 23.6. The Hall–Kier alpha value is -3.47. The minimum absolute atomic E-state index is 0.0626. The normalized spacial score (nSPS) is 28.0. The fourth-order valence-corrected chi connectivity index (χ4v) is 6.73. The number of aliphatic carboxylic acids is 1. The van der Waals surface area contributed by atoms with Crippen LogP contribution in [0.4, 0.5) is 5.69 Å². The van der Waals surface area contributed by atoms with Crippen molar-refractivity contribution in [3.8, 4) is 17.2 Å². The smallest absolute Gasteiger partial charge is 0.344 e. The van der Waals surface area contributed by atoms with E-state index in [1.54, 1.807) is 13.2 Å². The SMILES string of the molecule is COc1ccc2c(c1)C(c1cccc3c1OCO3)OCC(=O)[N+]2(CC(C)(C)C)[C@@H]1CCNC[C@@]1(C(C)=O)C(=O)O. The van der Waals surface area contributed by atoms with Crippen LogP contribution in [0.5, 0.6) is 17.2 Å². The van der Waals surface area contributed by atoms with Gasteiger partial charge in [0.05, 0.1) is 19.2 Å². The number of fused-ring (bicyclic) bond motifs is 2. The summed E-state index contributed by atoms with van der Waals surface area (Å²) >= 11 is 0. The Kier molecular flexibility index (Phi) is 7.14. The number of carboxylic acids is 1. The van der Waals surface area contributed by atoms with Gasteiger partial charge in [0.25, 0.3) is 0 Å². The molecule has 2 aromatic carbocycles. The van der Waals surface area contributed by atoms with Crippen molar-refractivity contribution < 1.29 is 38.4 Å². The van der Waals surface area contributed by atoms with E-state index in [0.717, 1.165) is 0 Å². The van der Waals surface area contributed by atoms with Crippen molar-refractivity contribution in [2.24, 2.45) is 10.8 Å². The summed E-state index contributed by atoms with van der Waals surface area (Å²) in [5.41, 5.74) is -0.308. The number of quaternary nitrogens is 1. The summed E-state index contributed by atoms with van der Waals surface area (Å²) in [6.45, 7) is 7.80. The number of hydrogen-bond donors (Lipinski definition) is 2. The molecule has 3 aliphatic rings. The molecule has 0 radical (unpaired) electrons. The first-order chi connectivity index (χ1) is 19.0. The number of ketones is 1. The number of piperidine rings is 1. The van der Waals surface area contributed by atoms with Gasteiger partial charge in [0, 0.05) is 36.6 Å². The van der Waals surface area contributed by atoms with E-state index in [4.69, 9.17) is 18.9 Å². The maximum atomic E-state index is 14.6. The molecule has 10 nitrogen and oxygen atoms in total. The Labute approximate surface area is 233 Å². The number of carbonyl (C=O) groups is 3. The molecule has 1 amide bonds. The van der Waals surface area contributed by atoms with Crippen molar-refractivity contribution >= 4 is 23.3 Å². The van der Waals surface area contributed by atoms with Crippen LogP contribution in [0.2, 0.25) is 0 Å². The van der Waals surface area contributed by atoms with Crippen molar-refractivity contribution in [3.05, 3.63) is 47.5 Å². The number of nitrogens with one attached hydrogen (secondary N) is 1. The van der Waals surface area contributed by atoms with Crippen molar-refractivity contribution in [1.82, 2.24) is 9.80 Å². The molecule has 1 saturated heterocycles. The third-order valence-electron chi connectivity index (χ3n) is 8.31. The number of para-hydroxylation sites is 1. The van der Waals surface area contributed by atoms with Gasteiger partial charge in [-0.3, -0.25) is 9.59 Å². The van der Waals surface area contributed by atoms with E-state index in [1.165, 1.54) is 6.92 Å². The van der Waals surface area contributed by atoms with Gasteiger partial charge in [0.15, 0.2) is 29.3 Å². The zero-order chi connectivity index (χ0) is 28.9. The highest BCUT2D eigenvalue weighted by molar-refractivity contribution is 6.05. The highest BCUT2D eigenvalue weighted by Gasteiger charge is 2.65. The molecule has 0 aromatic heterocycles. The molecule has 40 heavy (non-hydrogen) atoms.